The summed E-state index contributed by atoms with van der Waals surface area (Å²) in [5.74, 6) is -1.31. The van der Waals surface area contributed by atoms with Gasteiger partial charge in [0.25, 0.3) is 0 Å². The Hall–Kier alpha value is -2.34. The van der Waals surface area contributed by atoms with E-state index in [0.29, 0.717) is 0 Å². The molecule has 2 atom stereocenters. The number of rotatable bonds is 18. The summed E-state index contributed by atoms with van der Waals surface area (Å²) in [6.07, 6.45) is 15.7. The number of allylic oxidation sites excluding steroid dienone is 1. The molecule has 0 unspecified atom stereocenters. The highest BCUT2D eigenvalue weighted by Gasteiger charge is 2.27. The fraction of sp³-hybridized carbons (Fsp3) is 0.615. The van der Waals surface area contributed by atoms with Crippen molar-refractivity contribution in [2.75, 3.05) is 0 Å². The molecule has 32 heavy (non-hydrogen) atoms. The minimum atomic E-state index is -1.45. The van der Waals surface area contributed by atoms with E-state index in [9.17, 15) is 19.8 Å². The first kappa shape index (κ1) is 27.7. The van der Waals surface area contributed by atoms with Gasteiger partial charge in [-0.1, -0.05) is 114 Å². The molecule has 0 heterocycles. The van der Waals surface area contributed by atoms with Crippen LogP contribution in [-0.4, -0.2) is 34.4 Å². The lowest BCUT2D eigenvalue weighted by atomic mass is 10.0. The van der Waals surface area contributed by atoms with Gasteiger partial charge in [0.15, 0.2) is 6.04 Å². The van der Waals surface area contributed by atoms with Crippen LogP contribution in [0.5, 0.6) is 0 Å². The van der Waals surface area contributed by atoms with Crippen molar-refractivity contribution in [3.8, 4) is 0 Å². The summed E-state index contributed by atoms with van der Waals surface area (Å²) in [6, 6.07) is 7.64. The van der Waals surface area contributed by atoms with Gasteiger partial charge in [0.05, 0.1) is 0 Å². The molecule has 6 nitrogen and oxygen atoms in total. The Morgan fingerprint density at radius 1 is 0.938 bits per heavy atom. The standard InChI is InChI=1S/C26H41NO5/c1-2-3-4-5-6-7-8-9-10-11-12-13-17-20-23(28)24(25(29)30)27-26(31)32-21-22-18-15-14-16-19-22/h14-20,23-24,28H,2-13,21H2,1H3,(H,27,31)(H,29,30)/b20-17+/t23-,24-/m1/s1. The molecule has 1 aromatic rings. The predicted molar refractivity (Wildman–Crippen MR) is 127 cm³/mol. The summed E-state index contributed by atoms with van der Waals surface area (Å²) < 4.78 is 5.03. The molecule has 0 aliphatic carbocycles. The summed E-state index contributed by atoms with van der Waals surface area (Å²) in [5, 5.41) is 21.7. The summed E-state index contributed by atoms with van der Waals surface area (Å²) in [6.45, 7) is 2.27. The number of nitrogens with one attached hydrogen (secondary N) is 1. The molecule has 0 saturated heterocycles. The van der Waals surface area contributed by atoms with Gasteiger partial charge < -0.3 is 20.3 Å². The Morgan fingerprint density at radius 3 is 2.06 bits per heavy atom. The van der Waals surface area contributed by atoms with E-state index in [1.807, 2.05) is 18.2 Å². The van der Waals surface area contributed by atoms with Crippen LogP contribution in [0.25, 0.3) is 0 Å². The van der Waals surface area contributed by atoms with Crippen molar-refractivity contribution in [3.05, 3.63) is 48.0 Å². The van der Waals surface area contributed by atoms with Crippen LogP contribution in [0, 0.1) is 0 Å². The summed E-state index contributed by atoms with van der Waals surface area (Å²) >= 11 is 0. The summed E-state index contributed by atoms with van der Waals surface area (Å²) in [7, 11) is 0. The number of carbonyl (C=O) groups is 2. The van der Waals surface area contributed by atoms with E-state index >= 15 is 0 Å². The number of amides is 1. The van der Waals surface area contributed by atoms with Crippen molar-refractivity contribution in [1.29, 1.82) is 0 Å². The van der Waals surface area contributed by atoms with Gasteiger partial charge in [0.1, 0.15) is 12.7 Å². The Kier molecular flexibility index (Phi) is 15.8. The third kappa shape index (κ3) is 13.9. The van der Waals surface area contributed by atoms with Crippen LogP contribution in [0.1, 0.15) is 89.5 Å². The van der Waals surface area contributed by atoms with E-state index in [0.717, 1.165) is 24.8 Å². The van der Waals surface area contributed by atoms with Crippen LogP contribution in [-0.2, 0) is 16.1 Å². The van der Waals surface area contributed by atoms with E-state index in [4.69, 9.17) is 4.74 Å². The maximum atomic E-state index is 11.9. The highest BCUT2D eigenvalue weighted by molar-refractivity contribution is 5.80. The first-order valence-corrected chi connectivity index (χ1v) is 12.1. The predicted octanol–water partition coefficient (Wildman–Crippen LogP) is 5.98. The molecule has 0 bridgehead atoms. The lowest BCUT2D eigenvalue weighted by molar-refractivity contribution is -0.141. The van der Waals surface area contributed by atoms with Crippen LogP contribution in [0.3, 0.4) is 0 Å². The zero-order chi connectivity index (χ0) is 23.4. The number of aliphatic hydroxyl groups excluding tert-OH is 1. The van der Waals surface area contributed by atoms with Gasteiger partial charge in [-0.25, -0.2) is 9.59 Å². The molecule has 0 radical (unpaired) electrons. The number of carboxylic acids is 1. The van der Waals surface area contributed by atoms with Gasteiger partial charge in [-0.3, -0.25) is 0 Å². The second-order valence-electron chi connectivity index (χ2n) is 8.26. The maximum Gasteiger partial charge on any atom is 0.408 e. The van der Waals surface area contributed by atoms with E-state index in [1.165, 1.54) is 63.9 Å². The number of aliphatic hydroxyl groups is 1. The number of benzene rings is 1. The zero-order valence-electron chi connectivity index (χ0n) is 19.5. The zero-order valence-corrected chi connectivity index (χ0v) is 19.5. The summed E-state index contributed by atoms with van der Waals surface area (Å²) in [5.41, 5.74) is 0.793. The van der Waals surface area contributed by atoms with E-state index < -0.39 is 24.2 Å². The summed E-state index contributed by atoms with van der Waals surface area (Å²) in [4.78, 5) is 23.3. The number of alkyl carbamates (subject to hydrolysis) is 1. The third-order valence-electron chi connectivity index (χ3n) is 5.40. The number of hydrogen-bond acceptors (Lipinski definition) is 4. The lowest BCUT2D eigenvalue weighted by Gasteiger charge is -2.17. The highest BCUT2D eigenvalue weighted by atomic mass is 16.5. The first-order chi connectivity index (χ1) is 15.5. The van der Waals surface area contributed by atoms with Crippen LogP contribution in [0.2, 0.25) is 0 Å². The van der Waals surface area contributed by atoms with Gasteiger partial charge in [-0.15, -0.1) is 0 Å². The SMILES string of the molecule is CCCCCCCCCCCCC/C=C/[C@@H](O)[C@@H](NC(=O)OCc1ccccc1)C(=O)O. The topological polar surface area (TPSA) is 95.9 Å². The minimum absolute atomic E-state index is 0.0316. The molecule has 6 heteroatoms. The quantitative estimate of drug-likeness (QED) is 0.190. The molecule has 1 aromatic carbocycles. The van der Waals surface area contributed by atoms with Crippen molar-refractivity contribution in [2.24, 2.45) is 0 Å². The van der Waals surface area contributed by atoms with E-state index in [1.54, 1.807) is 18.2 Å². The number of hydrogen-bond donors (Lipinski definition) is 3. The molecule has 1 amide bonds. The molecule has 0 aliphatic rings. The third-order valence-corrected chi connectivity index (χ3v) is 5.40. The first-order valence-electron chi connectivity index (χ1n) is 12.1. The molecule has 0 aromatic heterocycles. The van der Waals surface area contributed by atoms with Crippen LogP contribution in [0.15, 0.2) is 42.5 Å². The fourth-order valence-electron chi connectivity index (χ4n) is 3.46. The van der Waals surface area contributed by atoms with Gasteiger partial charge in [0, 0.05) is 0 Å². The van der Waals surface area contributed by atoms with Crippen LogP contribution in [0.4, 0.5) is 4.79 Å². The Balaban J connectivity index is 2.16. The van der Waals surface area contributed by atoms with Gasteiger partial charge in [0.2, 0.25) is 0 Å². The molecule has 1 rings (SSSR count). The maximum absolute atomic E-state index is 11.9. The molecule has 0 spiro atoms. The second-order valence-corrected chi connectivity index (χ2v) is 8.26. The monoisotopic (exact) mass is 447 g/mol. The van der Waals surface area contributed by atoms with Gasteiger partial charge in [-0.2, -0.15) is 0 Å². The Bertz CT molecular complexity index is 647. The fourth-order valence-corrected chi connectivity index (χ4v) is 3.46. The minimum Gasteiger partial charge on any atom is -0.480 e. The molecule has 180 valence electrons. The van der Waals surface area contributed by atoms with Gasteiger partial charge >= 0.3 is 12.1 Å². The van der Waals surface area contributed by atoms with Gasteiger partial charge in [-0.05, 0) is 18.4 Å². The van der Waals surface area contributed by atoms with E-state index in [2.05, 4.69) is 12.2 Å². The van der Waals surface area contributed by atoms with Crippen molar-refractivity contribution in [1.82, 2.24) is 5.32 Å². The van der Waals surface area contributed by atoms with E-state index in [-0.39, 0.29) is 6.61 Å². The smallest absolute Gasteiger partial charge is 0.408 e. The van der Waals surface area contributed by atoms with Crippen molar-refractivity contribution >= 4 is 12.1 Å². The average molecular weight is 448 g/mol. The van der Waals surface area contributed by atoms with Crippen molar-refractivity contribution in [3.63, 3.8) is 0 Å². The molecular weight excluding hydrogens is 406 g/mol. The number of aliphatic carboxylic acids is 1. The number of carbonyl (C=O) groups excluding carboxylic acids is 1. The number of carboxylic acid groups (broad SMARTS) is 1. The van der Waals surface area contributed by atoms with Crippen LogP contribution < -0.4 is 5.32 Å². The number of ether oxygens (including phenoxy) is 1. The van der Waals surface area contributed by atoms with Crippen LogP contribution >= 0.6 is 0 Å². The largest absolute Gasteiger partial charge is 0.480 e. The normalized spacial score (nSPS) is 13.1. The average Bonchev–Trinajstić information content (AvgIpc) is 2.79. The van der Waals surface area contributed by atoms with Crippen molar-refractivity contribution in [2.45, 2.75) is 103 Å². The Morgan fingerprint density at radius 2 is 1.50 bits per heavy atom. The van der Waals surface area contributed by atoms with Crippen molar-refractivity contribution < 1.29 is 24.5 Å². The molecular formula is C26H41NO5. The molecule has 0 aliphatic heterocycles. The Labute approximate surface area is 193 Å². The lowest BCUT2D eigenvalue weighted by Crippen LogP contribution is -2.48. The second kappa shape index (κ2) is 18.3. The molecule has 0 saturated carbocycles. The number of unbranched alkanes of at least 4 members (excludes halogenated alkanes) is 11. The molecule has 3 N–H and O–H groups in total. The highest BCUT2D eigenvalue weighted by Crippen LogP contribution is 2.12. The molecule has 0 fully saturated rings.